The number of carbonyl (C=O) groups excluding carboxylic acids is 1. The summed E-state index contributed by atoms with van der Waals surface area (Å²) in [5, 5.41) is 0. The predicted octanol–water partition coefficient (Wildman–Crippen LogP) is 3.26. The van der Waals surface area contributed by atoms with Gasteiger partial charge < -0.3 is 10.5 Å². The van der Waals surface area contributed by atoms with Crippen LogP contribution in [0.1, 0.15) is 65.7 Å². The maximum absolute atomic E-state index is 11.6. The lowest BCUT2D eigenvalue weighted by molar-refractivity contribution is -0.148. The minimum atomic E-state index is -0.0518. The third-order valence-corrected chi connectivity index (χ3v) is 3.06. The van der Waals surface area contributed by atoms with Gasteiger partial charge in [-0.05, 0) is 38.6 Å². The number of nitrogens with two attached hydrogens (primary N) is 1. The average Bonchev–Trinajstić information content (AvgIpc) is 2.27. The normalized spacial score (nSPS) is 14.4. The van der Waals surface area contributed by atoms with Crippen LogP contribution in [0.3, 0.4) is 0 Å². The Bertz CT molecular complexity index is 189. The van der Waals surface area contributed by atoms with Crippen molar-refractivity contribution in [1.29, 1.82) is 0 Å². The van der Waals surface area contributed by atoms with E-state index >= 15 is 0 Å². The largest absolute Gasteiger partial charge is 0.463 e. The lowest BCUT2D eigenvalue weighted by Gasteiger charge is -2.16. The van der Waals surface area contributed by atoms with Crippen LogP contribution < -0.4 is 5.73 Å². The van der Waals surface area contributed by atoms with Crippen LogP contribution in [-0.2, 0) is 9.53 Å². The Labute approximate surface area is 106 Å². The van der Waals surface area contributed by atoms with Gasteiger partial charge in [-0.1, -0.05) is 33.1 Å². The molecule has 0 saturated carbocycles. The molecule has 0 saturated heterocycles. The van der Waals surface area contributed by atoms with E-state index in [-0.39, 0.29) is 12.1 Å². The molecule has 0 radical (unpaired) electrons. The van der Waals surface area contributed by atoms with Gasteiger partial charge in [0.15, 0.2) is 0 Å². The van der Waals surface area contributed by atoms with Gasteiger partial charge in [0.1, 0.15) is 0 Å². The van der Waals surface area contributed by atoms with Crippen LogP contribution >= 0.6 is 0 Å². The average molecular weight is 243 g/mol. The minimum Gasteiger partial charge on any atom is -0.463 e. The van der Waals surface area contributed by atoms with E-state index in [1.165, 1.54) is 0 Å². The van der Waals surface area contributed by atoms with Crippen LogP contribution in [0.2, 0.25) is 0 Å². The highest BCUT2D eigenvalue weighted by molar-refractivity contribution is 5.69. The predicted molar refractivity (Wildman–Crippen MR) is 71.8 cm³/mol. The van der Waals surface area contributed by atoms with Crippen molar-refractivity contribution in [2.24, 2.45) is 11.7 Å². The molecule has 0 aromatic heterocycles. The van der Waals surface area contributed by atoms with Crippen molar-refractivity contribution in [2.45, 2.75) is 71.8 Å². The summed E-state index contributed by atoms with van der Waals surface area (Å²) in [7, 11) is 0. The number of hydrogen-bond acceptors (Lipinski definition) is 3. The maximum atomic E-state index is 11.6. The first-order chi connectivity index (χ1) is 8.13. The van der Waals surface area contributed by atoms with Gasteiger partial charge in [-0.15, -0.1) is 0 Å². The van der Waals surface area contributed by atoms with Crippen LogP contribution in [-0.4, -0.2) is 18.6 Å². The summed E-state index contributed by atoms with van der Waals surface area (Å²) in [6.07, 6.45) is 6.87. The van der Waals surface area contributed by atoms with E-state index < -0.39 is 0 Å². The minimum absolute atomic E-state index is 0.0518. The Kier molecular flexibility index (Phi) is 10.2. The van der Waals surface area contributed by atoms with Gasteiger partial charge >= 0.3 is 5.97 Å². The summed E-state index contributed by atoms with van der Waals surface area (Å²) in [5.74, 6) is 0.531. The summed E-state index contributed by atoms with van der Waals surface area (Å²) < 4.78 is 5.33. The lowest BCUT2D eigenvalue weighted by Crippen LogP contribution is -2.16. The topological polar surface area (TPSA) is 52.3 Å². The highest BCUT2D eigenvalue weighted by Crippen LogP contribution is 2.17. The zero-order valence-corrected chi connectivity index (χ0v) is 11.7. The third kappa shape index (κ3) is 9.16. The maximum Gasteiger partial charge on any atom is 0.306 e. The van der Waals surface area contributed by atoms with Gasteiger partial charge in [-0.25, -0.2) is 0 Å². The molecular formula is C14H29NO2. The molecule has 0 rings (SSSR count). The third-order valence-electron chi connectivity index (χ3n) is 3.06. The first-order valence-corrected chi connectivity index (χ1v) is 7.03. The standard InChI is InChI=1S/C14H29NO2/c1-4-6-12(3)17-14(16)9-8-13(7-5-2)10-11-15/h12-13H,4-11,15H2,1-3H3. The first-order valence-electron chi connectivity index (χ1n) is 7.03. The Hall–Kier alpha value is -0.570. The van der Waals surface area contributed by atoms with E-state index in [2.05, 4.69) is 13.8 Å². The molecule has 0 spiro atoms. The SMILES string of the molecule is CCCC(CCN)CCC(=O)OC(C)CCC. The Morgan fingerprint density at radius 3 is 2.29 bits per heavy atom. The smallest absolute Gasteiger partial charge is 0.306 e. The number of hydrogen-bond donors (Lipinski definition) is 1. The second kappa shape index (κ2) is 10.6. The molecule has 0 fully saturated rings. The van der Waals surface area contributed by atoms with Gasteiger partial charge in [0, 0.05) is 6.42 Å². The summed E-state index contributed by atoms with van der Waals surface area (Å²) in [4.78, 5) is 11.6. The first kappa shape index (κ1) is 16.4. The van der Waals surface area contributed by atoms with Crippen LogP contribution in [0.25, 0.3) is 0 Å². The van der Waals surface area contributed by atoms with Crippen molar-refractivity contribution in [3.8, 4) is 0 Å². The Morgan fingerprint density at radius 2 is 1.76 bits per heavy atom. The molecule has 0 aliphatic heterocycles. The highest BCUT2D eigenvalue weighted by Gasteiger charge is 2.12. The van der Waals surface area contributed by atoms with Crippen molar-refractivity contribution < 1.29 is 9.53 Å². The fourth-order valence-corrected chi connectivity index (χ4v) is 2.15. The molecular weight excluding hydrogens is 214 g/mol. The lowest BCUT2D eigenvalue weighted by atomic mass is 9.94. The summed E-state index contributed by atoms with van der Waals surface area (Å²) in [6, 6.07) is 0. The summed E-state index contributed by atoms with van der Waals surface area (Å²) in [6.45, 7) is 6.95. The van der Waals surface area contributed by atoms with Crippen molar-refractivity contribution in [3.05, 3.63) is 0 Å². The summed E-state index contributed by atoms with van der Waals surface area (Å²) in [5.41, 5.74) is 5.57. The molecule has 2 atom stereocenters. The van der Waals surface area contributed by atoms with E-state index in [0.29, 0.717) is 18.9 Å². The Morgan fingerprint density at radius 1 is 1.12 bits per heavy atom. The van der Waals surface area contributed by atoms with Crippen molar-refractivity contribution >= 4 is 5.97 Å². The van der Waals surface area contributed by atoms with E-state index in [0.717, 1.165) is 38.5 Å². The van der Waals surface area contributed by atoms with Gasteiger partial charge in [-0.2, -0.15) is 0 Å². The van der Waals surface area contributed by atoms with Gasteiger partial charge in [-0.3, -0.25) is 4.79 Å². The molecule has 0 heterocycles. The van der Waals surface area contributed by atoms with Crippen LogP contribution in [0.4, 0.5) is 0 Å². The molecule has 0 aliphatic rings. The Balaban J connectivity index is 3.78. The van der Waals surface area contributed by atoms with Crippen molar-refractivity contribution in [1.82, 2.24) is 0 Å². The second-order valence-electron chi connectivity index (χ2n) is 4.86. The van der Waals surface area contributed by atoms with Crippen LogP contribution in [0.5, 0.6) is 0 Å². The zero-order valence-electron chi connectivity index (χ0n) is 11.7. The van der Waals surface area contributed by atoms with Crippen molar-refractivity contribution in [3.63, 3.8) is 0 Å². The molecule has 0 amide bonds. The molecule has 0 aromatic rings. The van der Waals surface area contributed by atoms with E-state index in [1.54, 1.807) is 0 Å². The van der Waals surface area contributed by atoms with Crippen LogP contribution in [0, 0.1) is 5.92 Å². The molecule has 3 nitrogen and oxygen atoms in total. The van der Waals surface area contributed by atoms with E-state index in [9.17, 15) is 4.79 Å². The fraction of sp³-hybridized carbons (Fsp3) is 0.929. The molecule has 0 aliphatic carbocycles. The monoisotopic (exact) mass is 243 g/mol. The van der Waals surface area contributed by atoms with Gasteiger partial charge in [0.05, 0.1) is 6.10 Å². The number of rotatable bonds is 10. The summed E-state index contributed by atoms with van der Waals surface area (Å²) >= 11 is 0. The molecule has 2 N–H and O–H groups in total. The molecule has 0 bridgehead atoms. The number of carbonyl (C=O) groups is 1. The molecule has 0 aromatic carbocycles. The molecule has 3 heteroatoms. The van der Waals surface area contributed by atoms with E-state index in [4.69, 9.17) is 10.5 Å². The number of esters is 1. The van der Waals surface area contributed by atoms with Gasteiger partial charge in [0.25, 0.3) is 0 Å². The fourth-order valence-electron chi connectivity index (χ4n) is 2.15. The van der Waals surface area contributed by atoms with Gasteiger partial charge in [0.2, 0.25) is 0 Å². The molecule has 17 heavy (non-hydrogen) atoms. The second-order valence-corrected chi connectivity index (χ2v) is 4.86. The van der Waals surface area contributed by atoms with Crippen molar-refractivity contribution in [2.75, 3.05) is 6.54 Å². The molecule has 102 valence electrons. The zero-order chi connectivity index (χ0) is 13.1. The molecule has 2 unspecified atom stereocenters. The van der Waals surface area contributed by atoms with Crippen LogP contribution in [0.15, 0.2) is 0 Å². The number of ether oxygens (including phenoxy) is 1. The quantitative estimate of drug-likeness (QED) is 0.599. The highest BCUT2D eigenvalue weighted by atomic mass is 16.5. The van der Waals surface area contributed by atoms with E-state index in [1.807, 2.05) is 6.92 Å².